The van der Waals surface area contributed by atoms with Crippen molar-refractivity contribution in [2.75, 3.05) is 6.54 Å². The van der Waals surface area contributed by atoms with Gasteiger partial charge in [-0.1, -0.05) is 33.8 Å². The Hall–Kier alpha value is -1.36. The quantitative estimate of drug-likeness (QED) is 0.376. The van der Waals surface area contributed by atoms with Crippen molar-refractivity contribution in [1.82, 2.24) is 5.32 Å². The lowest BCUT2D eigenvalue weighted by Crippen LogP contribution is -2.36. The van der Waals surface area contributed by atoms with Crippen molar-refractivity contribution in [3.05, 3.63) is 12.7 Å². The van der Waals surface area contributed by atoms with Gasteiger partial charge in [-0.05, 0) is 12.5 Å². The Morgan fingerprint density at radius 1 is 1.32 bits per heavy atom. The van der Waals surface area contributed by atoms with Crippen molar-refractivity contribution in [2.24, 2.45) is 0 Å². The van der Waals surface area contributed by atoms with Gasteiger partial charge >= 0.3 is 5.97 Å². The van der Waals surface area contributed by atoms with Crippen molar-refractivity contribution in [1.29, 1.82) is 0 Å². The van der Waals surface area contributed by atoms with E-state index in [9.17, 15) is 9.59 Å². The molecule has 0 aliphatic rings. The second-order valence-corrected chi connectivity index (χ2v) is 4.18. The summed E-state index contributed by atoms with van der Waals surface area (Å²) in [7, 11) is 0. The first kappa shape index (κ1) is 17.6. The predicted molar refractivity (Wildman–Crippen MR) is 73.4 cm³/mol. The highest BCUT2D eigenvalue weighted by atomic mass is 16.7. The second-order valence-electron chi connectivity index (χ2n) is 4.18. The van der Waals surface area contributed by atoms with E-state index in [0.29, 0.717) is 19.4 Å². The van der Waals surface area contributed by atoms with Crippen molar-refractivity contribution < 1.29 is 19.1 Å². The van der Waals surface area contributed by atoms with Gasteiger partial charge in [0.25, 0.3) is 0 Å². The van der Waals surface area contributed by atoms with E-state index in [4.69, 9.17) is 9.47 Å². The standard InChI is InChI=1S/C14H25NO4/c1-5-9-11(10-15-12(16)6-2)18-14(8-4)19-13(17)7-3/h6,11,14H,2,5,7-10H2,1,3-4H3,(H,15,16). The Morgan fingerprint density at radius 3 is 2.47 bits per heavy atom. The lowest BCUT2D eigenvalue weighted by molar-refractivity contribution is -0.190. The number of esters is 1. The fourth-order valence-corrected chi connectivity index (χ4v) is 1.48. The van der Waals surface area contributed by atoms with Gasteiger partial charge in [0.05, 0.1) is 6.10 Å². The Morgan fingerprint density at radius 2 is 2.00 bits per heavy atom. The summed E-state index contributed by atoms with van der Waals surface area (Å²) in [5.74, 6) is -0.513. The summed E-state index contributed by atoms with van der Waals surface area (Å²) in [5.41, 5.74) is 0. The second kappa shape index (κ2) is 10.6. The topological polar surface area (TPSA) is 64.6 Å². The van der Waals surface area contributed by atoms with Gasteiger partial charge in [-0.2, -0.15) is 0 Å². The zero-order chi connectivity index (χ0) is 14.7. The number of carbonyl (C=O) groups is 2. The number of hydrogen-bond donors (Lipinski definition) is 1. The Kier molecular flexibility index (Phi) is 9.80. The molecular weight excluding hydrogens is 246 g/mol. The van der Waals surface area contributed by atoms with Gasteiger partial charge in [-0.25, -0.2) is 0 Å². The van der Waals surface area contributed by atoms with Crippen LogP contribution in [0.3, 0.4) is 0 Å². The number of amides is 1. The molecular formula is C14H25NO4. The summed E-state index contributed by atoms with van der Waals surface area (Å²) in [6, 6.07) is 0. The lowest BCUT2D eigenvalue weighted by Gasteiger charge is -2.24. The summed E-state index contributed by atoms with van der Waals surface area (Å²) in [5, 5.41) is 2.69. The smallest absolute Gasteiger partial charge is 0.307 e. The third-order valence-corrected chi connectivity index (χ3v) is 2.53. The average molecular weight is 271 g/mol. The fourth-order valence-electron chi connectivity index (χ4n) is 1.48. The van der Waals surface area contributed by atoms with E-state index >= 15 is 0 Å². The van der Waals surface area contributed by atoms with E-state index in [-0.39, 0.29) is 18.0 Å². The summed E-state index contributed by atoms with van der Waals surface area (Å²) < 4.78 is 10.9. The summed E-state index contributed by atoms with van der Waals surface area (Å²) in [6.45, 7) is 9.44. The number of ether oxygens (including phenoxy) is 2. The van der Waals surface area contributed by atoms with Crippen LogP contribution in [-0.4, -0.2) is 30.8 Å². The minimum absolute atomic E-state index is 0.163. The van der Waals surface area contributed by atoms with Crippen molar-refractivity contribution >= 4 is 11.9 Å². The molecule has 0 aliphatic carbocycles. The molecule has 0 spiro atoms. The average Bonchev–Trinajstić information content (AvgIpc) is 2.43. The highest BCUT2D eigenvalue weighted by Crippen LogP contribution is 2.10. The molecule has 1 amide bonds. The molecule has 0 saturated carbocycles. The van der Waals surface area contributed by atoms with Crippen LogP contribution in [0.2, 0.25) is 0 Å². The molecule has 2 atom stereocenters. The Labute approximate surface area is 115 Å². The predicted octanol–water partition coefficient (Wildman–Crippen LogP) is 2.16. The highest BCUT2D eigenvalue weighted by Gasteiger charge is 2.18. The maximum Gasteiger partial charge on any atom is 0.307 e. The monoisotopic (exact) mass is 271 g/mol. The molecule has 19 heavy (non-hydrogen) atoms. The minimum Gasteiger partial charge on any atom is -0.436 e. The van der Waals surface area contributed by atoms with Gasteiger partial charge in [0.15, 0.2) is 0 Å². The van der Waals surface area contributed by atoms with Gasteiger partial charge in [-0.15, -0.1) is 0 Å². The first-order chi connectivity index (χ1) is 9.07. The van der Waals surface area contributed by atoms with Crippen LogP contribution < -0.4 is 5.32 Å². The van der Waals surface area contributed by atoms with Crippen LogP contribution in [0, 0.1) is 0 Å². The van der Waals surface area contributed by atoms with Gasteiger partial charge in [0.2, 0.25) is 12.2 Å². The zero-order valence-corrected chi connectivity index (χ0v) is 12.1. The molecule has 5 heteroatoms. The molecule has 0 aromatic rings. The van der Waals surface area contributed by atoms with Crippen LogP contribution in [0.4, 0.5) is 0 Å². The summed E-state index contributed by atoms with van der Waals surface area (Å²) in [6.07, 6.45) is 3.13. The van der Waals surface area contributed by atoms with Crippen molar-refractivity contribution in [3.8, 4) is 0 Å². The fraction of sp³-hybridized carbons (Fsp3) is 0.714. The van der Waals surface area contributed by atoms with Gasteiger partial charge < -0.3 is 14.8 Å². The highest BCUT2D eigenvalue weighted by molar-refractivity contribution is 5.86. The maximum atomic E-state index is 11.2. The van der Waals surface area contributed by atoms with E-state index in [0.717, 1.165) is 12.8 Å². The van der Waals surface area contributed by atoms with Gasteiger partial charge in [0.1, 0.15) is 0 Å². The summed E-state index contributed by atoms with van der Waals surface area (Å²) in [4.78, 5) is 22.4. The number of rotatable bonds is 10. The van der Waals surface area contributed by atoms with Crippen LogP contribution in [0.25, 0.3) is 0 Å². The van der Waals surface area contributed by atoms with Crippen LogP contribution in [0.1, 0.15) is 46.5 Å². The normalized spacial score (nSPS) is 13.4. The van der Waals surface area contributed by atoms with Gasteiger partial charge in [-0.3, -0.25) is 9.59 Å². The van der Waals surface area contributed by atoms with Crippen molar-refractivity contribution in [2.45, 2.75) is 58.8 Å². The van der Waals surface area contributed by atoms with E-state index in [2.05, 4.69) is 11.9 Å². The van der Waals surface area contributed by atoms with E-state index in [1.54, 1.807) is 6.92 Å². The molecule has 5 nitrogen and oxygen atoms in total. The van der Waals surface area contributed by atoms with Crippen LogP contribution in [0.5, 0.6) is 0 Å². The molecule has 0 fully saturated rings. The van der Waals surface area contributed by atoms with Crippen LogP contribution in [-0.2, 0) is 19.1 Å². The molecule has 0 bridgehead atoms. The molecule has 2 unspecified atom stereocenters. The molecule has 1 N–H and O–H groups in total. The first-order valence-corrected chi connectivity index (χ1v) is 6.82. The minimum atomic E-state index is -0.551. The lowest BCUT2D eigenvalue weighted by atomic mass is 10.2. The number of hydrogen-bond acceptors (Lipinski definition) is 4. The van der Waals surface area contributed by atoms with Crippen LogP contribution in [0.15, 0.2) is 12.7 Å². The zero-order valence-electron chi connectivity index (χ0n) is 12.1. The summed E-state index contributed by atoms with van der Waals surface area (Å²) >= 11 is 0. The molecule has 110 valence electrons. The molecule has 0 rings (SSSR count). The largest absolute Gasteiger partial charge is 0.436 e. The third-order valence-electron chi connectivity index (χ3n) is 2.53. The van der Waals surface area contributed by atoms with Crippen LogP contribution >= 0.6 is 0 Å². The third kappa shape index (κ3) is 8.37. The van der Waals surface area contributed by atoms with Gasteiger partial charge in [0, 0.05) is 19.4 Å². The molecule has 0 heterocycles. The first-order valence-electron chi connectivity index (χ1n) is 6.82. The molecule has 0 aliphatic heterocycles. The molecule has 0 radical (unpaired) electrons. The Balaban J connectivity index is 4.31. The van der Waals surface area contributed by atoms with E-state index < -0.39 is 6.29 Å². The molecule has 0 aromatic carbocycles. The molecule has 0 saturated heterocycles. The van der Waals surface area contributed by atoms with E-state index in [1.165, 1.54) is 6.08 Å². The van der Waals surface area contributed by atoms with Crippen molar-refractivity contribution in [3.63, 3.8) is 0 Å². The molecule has 0 aromatic heterocycles. The Bertz CT molecular complexity index is 291. The number of carbonyl (C=O) groups excluding carboxylic acids is 2. The SMILES string of the molecule is C=CC(=O)NCC(CCC)OC(CC)OC(=O)CC. The maximum absolute atomic E-state index is 11.2. The van der Waals surface area contributed by atoms with E-state index in [1.807, 2.05) is 13.8 Å². The number of nitrogens with one attached hydrogen (secondary N) is 1.